The summed E-state index contributed by atoms with van der Waals surface area (Å²) in [5.41, 5.74) is 5.53. The summed E-state index contributed by atoms with van der Waals surface area (Å²) in [6.45, 7) is 17.9. The maximum atomic E-state index is 3.86. The highest BCUT2D eigenvalue weighted by Crippen LogP contribution is 2.23. The van der Waals surface area contributed by atoms with Gasteiger partial charge < -0.3 is 5.32 Å². The number of rotatable bonds is 9. The number of nitrogens with one attached hydrogen (secondary N) is 1. The van der Waals surface area contributed by atoms with Gasteiger partial charge in [0.05, 0.1) is 0 Å². The van der Waals surface area contributed by atoms with E-state index in [9.17, 15) is 0 Å². The lowest BCUT2D eigenvalue weighted by Gasteiger charge is -2.16. The van der Waals surface area contributed by atoms with Crippen LogP contribution in [0.15, 0.2) is 59.4 Å². The first-order valence-electron chi connectivity index (χ1n) is 7.99. The zero-order chi connectivity index (χ0) is 16.3. The highest BCUT2D eigenvalue weighted by atomic mass is 14.8. The van der Waals surface area contributed by atoms with Crippen LogP contribution in [0.3, 0.4) is 0 Å². The molecule has 0 saturated heterocycles. The van der Waals surface area contributed by atoms with E-state index in [1.807, 2.05) is 25.3 Å². The molecule has 0 heterocycles. The van der Waals surface area contributed by atoms with Crippen LogP contribution < -0.4 is 5.32 Å². The quantitative estimate of drug-likeness (QED) is 0.517. The predicted octanol–water partition coefficient (Wildman–Crippen LogP) is 5.94. The smallest absolute Gasteiger partial charge is 0.0357 e. The molecular weight excluding hydrogens is 254 g/mol. The molecule has 0 rings (SSSR count). The van der Waals surface area contributed by atoms with Gasteiger partial charge in [-0.2, -0.15) is 0 Å². The molecule has 1 heteroatoms. The summed E-state index contributed by atoms with van der Waals surface area (Å²) in [6, 6.07) is 0. The topological polar surface area (TPSA) is 12.0 Å². The van der Waals surface area contributed by atoms with Gasteiger partial charge >= 0.3 is 0 Å². The Labute approximate surface area is 132 Å². The minimum absolute atomic E-state index is 0.661. The van der Waals surface area contributed by atoms with Crippen LogP contribution in [0.4, 0.5) is 0 Å². The maximum Gasteiger partial charge on any atom is 0.0357 e. The van der Waals surface area contributed by atoms with Crippen LogP contribution in [0.1, 0.15) is 54.4 Å². The Kier molecular flexibility index (Phi) is 10.4. The summed E-state index contributed by atoms with van der Waals surface area (Å²) in [6.07, 6.45) is 12.5. The first kappa shape index (κ1) is 19.5. The van der Waals surface area contributed by atoms with E-state index in [0.717, 1.165) is 19.4 Å². The van der Waals surface area contributed by atoms with E-state index in [4.69, 9.17) is 0 Å². The van der Waals surface area contributed by atoms with Crippen LogP contribution in [0.5, 0.6) is 0 Å². The van der Waals surface area contributed by atoms with Crippen LogP contribution in [-0.2, 0) is 0 Å². The van der Waals surface area contributed by atoms with Crippen LogP contribution in [0, 0.1) is 5.92 Å². The monoisotopic (exact) mass is 287 g/mol. The Balaban J connectivity index is 5.29. The van der Waals surface area contributed by atoms with Gasteiger partial charge in [-0.1, -0.05) is 57.2 Å². The van der Waals surface area contributed by atoms with Gasteiger partial charge in [0.1, 0.15) is 0 Å². The van der Waals surface area contributed by atoms with Crippen molar-refractivity contribution in [3.8, 4) is 0 Å². The first-order valence-corrected chi connectivity index (χ1v) is 7.99. The van der Waals surface area contributed by atoms with Crippen LogP contribution in [-0.4, -0.2) is 6.54 Å². The van der Waals surface area contributed by atoms with Crippen molar-refractivity contribution in [3.05, 3.63) is 59.4 Å². The molecule has 0 aliphatic heterocycles. The van der Waals surface area contributed by atoms with Crippen molar-refractivity contribution >= 4 is 0 Å². The lowest BCUT2D eigenvalue weighted by molar-refractivity contribution is 0.639. The third-order valence-corrected chi connectivity index (χ3v) is 3.47. The van der Waals surface area contributed by atoms with Crippen LogP contribution in [0.2, 0.25) is 0 Å². The van der Waals surface area contributed by atoms with Crippen molar-refractivity contribution in [1.82, 2.24) is 5.32 Å². The summed E-state index contributed by atoms with van der Waals surface area (Å²) in [5.74, 6) is 0.661. The van der Waals surface area contributed by atoms with Crippen molar-refractivity contribution in [2.45, 2.75) is 54.4 Å². The summed E-state index contributed by atoms with van der Waals surface area (Å²) >= 11 is 0. The molecule has 0 saturated carbocycles. The molecule has 0 amide bonds. The Morgan fingerprint density at radius 1 is 1.19 bits per heavy atom. The summed E-state index contributed by atoms with van der Waals surface area (Å²) < 4.78 is 0. The van der Waals surface area contributed by atoms with E-state index in [1.54, 1.807) is 0 Å². The van der Waals surface area contributed by atoms with Crippen molar-refractivity contribution in [3.63, 3.8) is 0 Å². The van der Waals surface area contributed by atoms with E-state index < -0.39 is 0 Å². The van der Waals surface area contributed by atoms with Gasteiger partial charge in [-0.3, -0.25) is 0 Å². The Hall–Kier alpha value is -1.50. The third-order valence-electron chi connectivity index (χ3n) is 3.47. The van der Waals surface area contributed by atoms with Crippen LogP contribution >= 0.6 is 0 Å². The van der Waals surface area contributed by atoms with Crippen molar-refractivity contribution in [2.24, 2.45) is 5.92 Å². The zero-order valence-electron chi connectivity index (χ0n) is 14.8. The molecule has 0 radical (unpaired) electrons. The van der Waals surface area contributed by atoms with Crippen molar-refractivity contribution in [2.75, 3.05) is 6.54 Å². The summed E-state index contributed by atoms with van der Waals surface area (Å²) in [7, 11) is 0. The first-order chi connectivity index (χ1) is 9.96. The molecule has 0 spiro atoms. The molecule has 0 fully saturated rings. The molecule has 1 N–H and O–H groups in total. The zero-order valence-corrected chi connectivity index (χ0v) is 14.8. The van der Waals surface area contributed by atoms with Crippen molar-refractivity contribution < 1.29 is 0 Å². The normalized spacial score (nSPS) is 14.6. The number of allylic oxidation sites excluding steroid dienone is 7. The Morgan fingerprint density at radius 2 is 1.86 bits per heavy atom. The second-order valence-corrected chi connectivity index (χ2v) is 5.89. The van der Waals surface area contributed by atoms with Crippen molar-refractivity contribution in [1.29, 1.82) is 0 Å². The van der Waals surface area contributed by atoms with E-state index in [1.165, 1.54) is 22.3 Å². The highest BCUT2D eigenvalue weighted by Gasteiger charge is 2.07. The fourth-order valence-corrected chi connectivity index (χ4v) is 2.18. The number of hydrogen-bond donors (Lipinski definition) is 1. The van der Waals surface area contributed by atoms with Gasteiger partial charge in [0, 0.05) is 6.54 Å². The van der Waals surface area contributed by atoms with Gasteiger partial charge in [0.25, 0.3) is 0 Å². The van der Waals surface area contributed by atoms with E-state index in [2.05, 4.69) is 58.7 Å². The van der Waals surface area contributed by atoms with Gasteiger partial charge in [-0.15, -0.1) is 0 Å². The molecule has 0 bridgehead atoms. The molecule has 21 heavy (non-hydrogen) atoms. The molecule has 0 aromatic rings. The molecule has 0 aromatic heterocycles. The van der Waals surface area contributed by atoms with Gasteiger partial charge in [0.15, 0.2) is 0 Å². The Morgan fingerprint density at radius 3 is 2.33 bits per heavy atom. The lowest BCUT2D eigenvalue weighted by atomic mass is 9.92. The molecule has 0 aliphatic rings. The predicted molar refractivity (Wildman–Crippen MR) is 97.3 cm³/mol. The molecule has 0 aliphatic carbocycles. The summed E-state index contributed by atoms with van der Waals surface area (Å²) in [4.78, 5) is 0. The average Bonchev–Trinajstić information content (AvgIpc) is 2.45. The molecule has 0 unspecified atom stereocenters. The van der Waals surface area contributed by atoms with Gasteiger partial charge in [0.2, 0.25) is 0 Å². The maximum absolute atomic E-state index is 3.86. The largest absolute Gasteiger partial charge is 0.387 e. The fourth-order valence-electron chi connectivity index (χ4n) is 2.18. The molecule has 118 valence electrons. The molecular formula is C20H33N. The lowest BCUT2D eigenvalue weighted by Crippen LogP contribution is -2.11. The SMILES string of the molecule is C=C\C(=C/C=C(C)/C(CC(C)C)=C(\C)CN/C=C\C)CC. The highest BCUT2D eigenvalue weighted by molar-refractivity contribution is 5.38. The molecule has 0 atom stereocenters. The molecule has 0 aromatic carbocycles. The molecule has 1 nitrogen and oxygen atoms in total. The van der Waals surface area contributed by atoms with Gasteiger partial charge in [-0.05, 0) is 62.5 Å². The standard InChI is InChI=1S/C20H33N/c1-8-13-21-15-18(7)20(14-16(4)5)17(6)11-12-19(9-2)10-3/h8-9,11-13,16,21H,2,10,14-15H2,1,3-7H3/b13-8-,17-11+,19-12+,20-18+. The fraction of sp³-hybridized carbons (Fsp3) is 0.500. The minimum atomic E-state index is 0.661. The average molecular weight is 287 g/mol. The Bertz CT molecular complexity index is 431. The second-order valence-electron chi connectivity index (χ2n) is 5.89. The van der Waals surface area contributed by atoms with Gasteiger partial charge in [-0.25, -0.2) is 0 Å². The van der Waals surface area contributed by atoms with E-state index in [-0.39, 0.29) is 0 Å². The third kappa shape index (κ3) is 8.39. The second kappa shape index (κ2) is 11.2. The minimum Gasteiger partial charge on any atom is -0.387 e. The van der Waals surface area contributed by atoms with Crippen LogP contribution in [0.25, 0.3) is 0 Å². The number of hydrogen-bond acceptors (Lipinski definition) is 1. The van der Waals surface area contributed by atoms with E-state index >= 15 is 0 Å². The summed E-state index contributed by atoms with van der Waals surface area (Å²) in [5, 5.41) is 3.33. The van der Waals surface area contributed by atoms with E-state index in [0.29, 0.717) is 5.92 Å².